The van der Waals surface area contributed by atoms with Gasteiger partial charge in [0.05, 0.1) is 11.1 Å². The van der Waals surface area contributed by atoms with E-state index in [1.807, 2.05) is 0 Å². The Hall–Kier alpha value is -0.680. The molecule has 1 aromatic rings. The van der Waals surface area contributed by atoms with Crippen LogP contribution >= 0.6 is 28.1 Å². The second kappa shape index (κ2) is 5.31. The second-order valence-electron chi connectivity index (χ2n) is 4.18. The van der Waals surface area contributed by atoms with E-state index in [0.29, 0.717) is 12.2 Å². The molecule has 0 saturated heterocycles. The molecule has 1 fully saturated rings. The molecule has 0 aromatic heterocycles. The Kier molecular flexibility index (Phi) is 3.99. The summed E-state index contributed by atoms with van der Waals surface area (Å²) in [6.45, 7) is 0.556. The number of hydrogen-bond acceptors (Lipinski definition) is 2. The summed E-state index contributed by atoms with van der Waals surface area (Å²) in [7, 11) is 0. The van der Waals surface area contributed by atoms with Gasteiger partial charge in [0.25, 0.3) is 0 Å². The molecule has 0 atom stereocenters. The van der Waals surface area contributed by atoms with Gasteiger partial charge in [0, 0.05) is 5.56 Å². The van der Waals surface area contributed by atoms with E-state index in [0.717, 1.165) is 12.3 Å². The van der Waals surface area contributed by atoms with Crippen LogP contribution in [0.1, 0.15) is 24.8 Å². The van der Waals surface area contributed by atoms with Crippen molar-refractivity contribution in [1.82, 2.24) is 0 Å². The Morgan fingerprint density at radius 2 is 2.24 bits per heavy atom. The van der Waals surface area contributed by atoms with Crippen LogP contribution in [0, 0.1) is 11.7 Å². The van der Waals surface area contributed by atoms with Crippen molar-refractivity contribution >= 4 is 33.1 Å². The molecule has 2 rings (SSSR count). The lowest BCUT2D eigenvalue weighted by Crippen LogP contribution is -2.11. The number of ether oxygens (including phenoxy) is 1. The van der Waals surface area contributed by atoms with Gasteiger partial charge in [-0.3, -0.25) is 0 Å². The standard InChI is InChI=1S/C12H13BrFNOS/c13-10-8(12(15)17)3-4-9(11(10)14)16-6-5-7-1-2-7/h3-4,7H,1-2,5-6H2,(H2,15,17). The third-order valence-electron chi connectivity index (χ3n) is 2.79. The van der Waals surface area contributed by atoms with Crippen LogP contribution < -0.4 is 10.5 Å². The molecule has 2 nitrogen and oxygen atoms in total. The summed E-state index contributed by atoms with van der Waals surface area (Å²) in [4.78, 5) is 0.167. The van der Waals surface area contributed by atoms with Crippen molar-refractivity contribution in [2.45, 2.75) is 19.3 Å². The highest BCUT2D eigenvalue weighted by atomic mass is 79.9. The number of nitrogens with two attached hydrogens (primary N) is 1. The molecule has 17 heavy (non-hydrogen) atoms. The van der Waals surface area contributed by atoms with Crippen LogP contribution in [0.15, 0.2) is 16.6 Å². The van der Waals surface area contributed by atoms with Crippen molar-refractivity contribution in [2.75, 3.05) is 6.61 Å². The van der Waals surface area contributed by atoms with Crippen LogP contribution in [0.4, 0.5) is 4.39 Å². The Balaban J connectivity index is 2.06. The minimum atomic E-state index is -0.439. The fourth-order valence-corrected chi connectivity index (χ4v) is 2.42. The zero-order chi connectivity index (χ0) is 12.4. The summed E-state index contributed by atoms with van der Waals surface area (Å²) >= 11 is 7.96. The van der Waals surface area contributed by atoms with Crippen LogP contribution in [0.5, 0.6) is 5.75 Å². The molecule has 0 spiro atoms. The lowest BCUT2D eigenvalue weighted by Gasteiger charge is -2.10. The fraction of sp³-hybridized carbons (Fsp3) is 0.417. The first-order valence-corrected chi connectivity index (χ1v) is 6.70. The van der Waals surface area contributed by atoms with Gasteiger partial charge in [0.1, 0.15) is 4.99 Å². The molecule has 0 heterocycles. The summed E-state index contributed by atoms with van der Waals surface area (Å²) in [5.74, 6) is 0.584. The Morgan fingerprint density at radius 1 is 1.53 bits per heavy atom. The average Bonchev–Trinajstić information content (AvgIpc) is 3.08. The molecule has 1 saturated carbocycles. The van der Waals surface area contributed by atoms with Crippen LogP contribution in [0.2, 0.25) is 0 Å². The molecule has 5 heteroatoms. The molecule has 1 aliphatic rings. The molecule has 0 bridgehead atoms. The van der Waals surface area contributed by atoms with E-state index >= 15 is 0 Å². The Morgan fingerprint density at radius 3 is 2.82 bits per heavy atom. The molecule has 1 aromatic carbocycles. The normalized spacial score (nSPS) is 14.7. The zero-order valence-corrected chi connectivity index (χ0v) is 11.6. The van der Waals surface area contributed by atoms with Gasteiger partial charge < -0.3 is 10.5 Å². The smallest absolute Gasteiger partial charge is 0.179 e. The van der Waals surface area contributed by atoms with Gasteiger partial charge in [-0.15, -0.1) is 0 Å². The van der Waals surface area contributed by atoms with Crippen LogP contribution in [0.25, 0.3) is 0 Å². The van der Waals surface area contributed by atoms with E-state index in [-0.39, 0.29) is 15.2 Å². The van der Waals surface area contributed by atoms with Crippen LogP contribution in [-0.4, -0.2) is 11.6 Å². The number of hydrogen-bond donors (Lipinski definition) is 1. The van der Waals surface area contributed by atoms with Crippen molar-refractivity contribution in [2.24, 2.45) is 11.7 Å². The van der Waals surface area contributed by atoms with Crippen molar-refractivity contribution in [1.29, 1.82) is 0 Å². The first-order chi connectivity index (χ1) is 8.09. The highest BCUT2D eigenvalue weighted by Crippen LogP contribution is 2.33. The van der Waals surface area contributed by atoms with Gasteiger partial charge in [0.15, 0.2) is 11.6 Å². The number of rotatable bonds is 5. The van der Waals surface area contributed by atoms with E-state index in [9.17, 15) is 4.39 Å². The van der Waals surface area contributed by atoms with Crippen molar-refractivity contribution in [3.63, 3.8) is 0 Å². The molecular weight excluding hydrogens is 305 g/mol. The maximum absolute atomic E-state index is 13.9. The SMILES string of the molecule is NC(=S)c1ccc(OCCC2CC2)c(F)c1Br. The van der Waals surface area contributed by atoms with Crippen molar-refractivity contribution < 1.29 is 9.13 Å². The lowest BCUT2D eigenvalue weighted by molar-refractivity contribution is 0.287. The minimum Gasteiger partial charge on any atom is -0.490 e. The van der Waals surface area contributed by atoms with E-state index in [4.69, 9.17) is 22.7 Å². The van der Waals surface area contributed by atoms with Gasteiger partial charge in [-0.05, 0) is 40.4 Å². The molecule has 0 aliphatic heterocycles. The number of benzene rings is 1. The maximum atomic E-state index is 13.9. The zero-order valence-electron chi connectivity index (χ0n) is 9.21. The van der Waals surface area contributed by atoms with Crippen molar-refractivity contribution in [3.05, 3.63) is 28.0 Å². The fourth-order valence-electron chi connectivity index (χ4n) is 1.58. The summed E-state index contributed by atoms with van der Waals surface area (Å²) in [5, 5.41) is 0. The van der Waals surface area contributed by atoms with E-state index in [2.05, 4.69) is 15.9 Å². The summed E-state index contributed by atoms with van der Waals surface area (Å²) in [6.07, 6.45) is 3.54. The molecule has 2 N–H and O–H groups in total. The number of thiocarbonyl (C=S) groups is 1. The Bertz CT molecular complexity index is 448. The quantitative estimate of drug-likeness (QED) is 0.845. The van der Waals surface area contributed by atoms with Crippen LogP contribution in [-0.2, 0) is 0 Å². The van der Waals surface area contributed by atoms with E-state index < -0.39 is 5.82 Å². The topological polar surface area (TPSA) is 35.2 Å². The van der Waals surface area contributed by atoms with Crippen molar-refractivity contribution in [3.8, 4) is 5.75 Å². The van der Waals surface area contributed by atoms with Gasteiger partial charge in [-0.1, -0.05) is 25.1 Å². The molecular formula is C12H13BrFNOS. The van der Waals surface area contributed by atoms with E-state index in [1.165, 1.54) is 12.8 Å². The highest BCUT2D eigenvalue weighted by molar-refractivity contribution is 9.10. The van der Waals surface area contributed by atoms with Gasteiger partial charge >= 0.3 is 0 Å². The highest BCUT2D eigenvalue weighted by Gasteiger charge is 2.21. The molecule has 0 amide bonds. The largest absolute Gasteiger partial charge is 0.490 e. The predicted molar refractivity (Wildman–Crippen MR) is 72.8 cm³/mol. The monoisotopic (exact) mass is 317 g/mol. The van der Waals surface area contributed by atoms with Gasteiger partial charge in [0.2, 0.25) is 0 Å². The predicted octanol–water partition coefficient (Wildman–Crippen LogP) is 3.40. The number of halogens is 2. The molecule has 1 aliphatic carbocycles. The Labute approximate surface area is 113 Å². The molecule has 92 valence electrons. The third-order valence-corrected chi connectivity index (χ3v) is 3.79. The first-order valence-electron chi connectivity index (χ1n) is 5.50. The maximum Gasteiger partial charge on any atom is 0.179 e. The molecule has 0 radical (unpaired) electrons. The lowest BCUT2D eigenvalue weighted by atomic mass is 10.2. The van der Waals surface area contributed by atoms with E-state index in [1.54, 1.807) is 12.1 Å². The third kappa shape index (κ3) is 3.16. The molecule has 0 unspecified atom stereocenters. The summed E-state index contributed by atoms with van der Waals surface area (Å²) < 4.78 is 19.6. The second-order valence-corrected chi connectivity index (χ2v) is 5.42. The summed E-state index contributed by atoms with van der Waals surface area (Å²) in [5.41, 5.74) is 5.97. The summed E-state index contributed by atoms with van der Waals surface area (Å²) in [6, 6.07) is 3.24. The van der Waals surface area contributed by atoms with Gasteiger partial charge in [-0.2, -0.15) is 0 Å². The first kappa shape index (κ1) is 12.8. The van der Waals surface area contributed by atoms with Gasteiger partial charge in [-0.25, -0.2) is 4.39 Å². The minimum absolute atomic E-state index is 0.167. The van der Waals surface area contributed by atoms with Crippen LogP contribution in [0.3, 0.4) is 0 Å². The average molecular weight is 318 g/mol.